The number of hydrogen-bond donors (Lipinski definition) is 1. The Morgan fingerprint density at radius 2 is 1.70 bits per heavy atom. The van der Waals surface area contributed by atoms with E-state index in [1.165, 1.54) is 24.4 Å². The summed E-state index contributed by atoms with van der Waals surface area (Å²) >= 11 is 0. The molecular formula is C23H25FN2O4. The molecule has 2 aromatic rings. The molecule has 1 aliphatic heterocycles. The monoisotopic (exact) mass is 412 g/mol. The minimum Gasteiger partial charge on any atom is -0.457 e. The van der Waals surface area contributed by atoms with E-state index in [1.807, 2.05) is 0 Å². The summed E-state index contributed by atoms with van der Waals surface area (Å²) in [4.78, 5) is 42.5. The Morgan fingerprint density at radius 1 is 1.03 bits per heavy atom. The molecule has 0 atom stereocenters. The van der Waals surface area contributed by atoms with Crippen LogP contribution in [0.2, 0.25) is 0 Å². The highest BCUT2D eigenvalue weighted by Gasteiger charge is 2.44. The summed E-state index contributed by atoms with van der Waals surface area (Å²) in [5.41, 5.74) is 0.569. The number of likely N-dealkylation sites (tertiary alicyclic amines) is 1. The van der Waals surface area contributed by atoms with Gasteiger partial charge in [-0.25, -0.2) is 4.39 Å². The van der Waals surface area contributed by atoms with Gasteiger partial charge in [-0.1, -0.05) is 25.0 Å². The Labute approximate surface area is 174 Å². The van der Waals surface area contributed by atoms with Crippen LogP contribution in [0.25, 0.3) is 0 Å². The van der Waals surface area contributed by atoms with Crippen LogP contribution in [-0.2, 0) is 14.9 Å². The lowest BCUT2D eigenvalue weighted by atomic mass is 9.79. The van der Waals surface area contributed by atoms with Gasteiger partial charge in [-0.05, 0) is 49.4 Å². The molecule has 0 unspecified atom stereocenters. The minimum absolute atomic E-state index is 0.121. The number of aromatic nitrogens is 1. The molecule has 6 nitrogen and oxygen atoms in total. The van der Waals surface area contributed by atoms with Crippen molar-refractivity contribution in [2.75, 3.05) is 19.7 Å². The van der Waals surface area contributed by atoms with Gasteiger partial charge in [0.1, 0.15) is 11.5 Å². The Balaban J connectivity index is 1.41. The number of ketones is 1. The largest absolute Gasteiger partial charge is 0.457 e. The molecule has 1 saturated carbocycles. The summed E-state index contributed by atoms with van der Waals surface area (Å²) in [6.07, 6.45) is 6.44. The highest BCUT2D eigenvalue weighted by atomic mass is 19.1. The number of carbonyl (C=O) groups is 3. The fraction of sp³-hybridized carbons (Fsp3) is 0.435. The van der Waals surface area contributed by atoms with Crippen LogP contribution in [0.3, 0.4) is 0 Å². The topological polar surface area (TPSA) is 79.5 Å². The molecular weight excluding hydrogens is 387 g/mol. The van der Waals surface area contributed by atoms with E-state index in [9.17, 15) is 18.8 Å². The van der Waals surface area contributed by atoms with Crippen LogP contribution in [0, 0.1) is 5.82 Å². The third-order valence-electron chi connectivity index (χ3n) is 6.21. The highest BCUT2D eigenvalue weighted by molar-refractivity contribution is 6.01. The van der Waals surface area contributed by atoms with Crippen molar-refractivity contribution in [3.8, 4) is 0 Å². The molecule has 1 aromatic carbocycles. The number of hydrogen-bond acceptors (Lipinski definition) is 4. The van der Waals surface area contributed by atoms with E-state index in [4.69, 9.17) is 4.74 Å². The lowest BCUT2D eigenvalue weighted by molar-refractivity contribution is -0.149. The average Bonchev–Trinajstić information content (AvgIpc) is 3.53. The quantitative estimate of drug-likeness (QED) is 0.580. The van der Waals surface area contributed by atoms with Gasteiger partial charge >= 0.3 is 5.97 Å². The Hall–Kier alpha value is -2.96. The number of carbonyl (C=O) groups excluding carboxylic acids is 3. The van der Waals surface area contributed by atoms with E-state index in [0.717, 1.165) is 44.3 Å². The average molecular weight is 412 g/mol. The van der Waals surface area contributed by atoms with Crippen LogP contribution in [-0.4, -0.2) is 47.2 Å². The number of amides is 1. The highest BCUT2D eigenvalue weighted by Crippen LogP contribution is 2.42. The van der Waals surface area contributed by atoms with Crippen LogP contribution >= 0.6 is 0 Å². The van der Waals surface area contributed by atoms with Crippen LogP contribution in [0.15, 0.2) is 36.5 Å². The first-order valence-corrected chi connectivity index (χ1v) is 10.4. The van der Waals surface area contributed by atoms with Crippen molar-refractivity contribution in [2.24, 2.45) is 0 Å². The van der Waals surface area contributed by atoms with Crippen LogP contribution < -0.4 is 0 Å². The maximum absolute atomic E-state index is 13.3. The van der Waals surface area contributed by atoms with E-state index >= 15 is 0 Å². The van der Waals surface area contributed by atoms with Gasteiger partial charge in [0.2, 0.25) is 5.78 Å². The first-order chi connectivity index (χ1) is 14.5. The van der Waals surface area contributed by atoms with E-state index in [2.05, 4.69) is 4.98 Å². The molecule has 1 aliphatic carbocycles. The summed E-state index contributed by atoms with van der Waals surface area (Å²) in [7, 11) is 0. The van der Waals surface area contributed by atoms with Gasteiger partial charge in [-0.15, -0.1) is 0 Å². The number of Topliss-reactive ketones (excluding diaryl/α,β-unsaturated/α-hetero) is 1. The smallest absolute Gasteiger partial charge is 0.317 e. The minimum atomic E-state index is -0.830. The van der Waals surface area contributed by atoms with Crippen molar-refractivity contribution >= 4 is 17.7 Å². The molecule has 0 bridgehead atoms. The van der Waals surface area contributed by atoms with E-state index in [0.29, 0.717) is 24.1 Å². The molecule has 1 aromatic heterocycles. The molecule has 1 amide bonds. The van der Waals surface area contributed by atoms with Crippen molar-refractivity contribution in [1.82, 2.24) is 9.88 Å². The summed E-state index contributed by atoms with van der Waals surface area (Å²) in [5.74, 6) is -1.30. The van der Waals surface area contributed by atoms with Crippen LogP contribution in [0.5, 0.6) is 0 Å². The second-order valence-electron chi connectivity index (χ2n) is 8.10. The second kappa shape index (κ2) is 8.42. The second-order valence-corrected chi connectivity index (χ2v) is 8.10. The number of nitrogens with zero attached hydrogens (tertiary/aromatic N) is 1. The SMILES string of the molecule is O=C(COC(=O)C1(c2ccc(F)cc2)CCCC1)c1c[nH]c(C(=O)N2CCCC2)c1. The summed E-state index contributed by atoms with van der Waals surface area (Å²) in [6.45, 7) is 1.06. The number of esters is 1. The fourth-order valence-electron chi connectivity index (χ4n) is 4.48. The van der Waals surface area contributed by atoms with Gasteiger partial charge in [-0.3, -0.25) is 14.4 Å². The molecule has 2 fully saturated rings. The third kappa shape index (κ3) is 3.88. The zero-order chi connectivity index (χ0) is 21.1. The van der Waals surface area contributed by atoms with Crippen molar-refractivity contribution in [3.63, 3.8) is 0 Å². The van der Waals surface area contributed by atoms with Crippen molar-refractivity contribution in [3.05, 3.63) is 59.2 Å². The molecule has 30 heavy (non-hydrogen) atoms. The van der Waals surface area contributed by atoms with Crippen molar-refractivity contribution in [1.29, 1.82) is 0 Å². The van der Waals surface area contributed by atoms with Crippen molar-refractivity contribution in [2.45, 2.75) is 43.9 Å². The fourth-order valence-corrected chi connectivity index (χ4v) is 4.48. The first kappa shape index (κ1) is 20.3. The Bertz CT molecular complexity index is 938. The summed E-state index contributed by atoms with van der Waals surface area (Å²) < 4.78 is 18.7. The van der Waals surface area contributed by atoms with Gasteiger partial charge in [0.05, 0.1) is 5.41 Å². The van der Waals surface area contributed by atoms with Gasteiger partial charge in [0.15, 0.2) is 6.61 Å². The molecule has 4 rings (SSSR count). The molecule has 158 valence electrons. The zero-order valence-corrected chi connectivity index (χ0v) is 16.8. The number of H-pyrrole nitrogens is 1. The Kier molecular flexibility index (Phi) is 5.70. The molecule has 0 spiro atoms. The number of nitrogens with one attached hydrogen (secondary N) is 1. The number of benzene rings is 1. The normalized spacial score (nSPS) is 17.8. The van der Waals surface area contributed by atoms with Crippen LogP contribution in [0.1, 0.15) is 64.9 Å². The molecule has 7 heteroatoms. The number of rotatable bonds is 6. The predicted octanol–water partition coefficient (Wildman–Crippen LogP) is 3.63. The molecule has 1 N–H and O–H groups in total. The molecule has 2 aliphatic rings. The maximum atomic E-state index is 13.3. The van der Waals surface area contributed by atoms with E-state index in [-0.39, 0.29) is 17.5 Å². The predicted molar refractivity (Wildman–Crippen MR) is 108 cm³/mol. The molecule has 1 saturated heterocycles. The summed E-state index contributed by atoms with van der Waals surface area (Å²) in [6, 6.07) is 7.43. The zero-order valence-electron chi connectivity index (χ0n) is 16.8. The molecule has 2 heterocycles. The Morgan fingerprint density at radius 3 is 2.37 bits per heavy atom. The van der Waals surface area contributed by atoms with E-state index in [1.54, 1.807) is 17.0 Å². The van der Waals surface area contributed by atoms with Gasteiger partial charge in [-0.2, -0.15) is 0 Å². The number of ether oxygens (including phenoxy) is 1. The number of halogens is 1. The van der Waals surface area contributed by atoms with Crippen LogP contribution in [0.4, 0.5) is 4.39 Å². The maximum Gasteiger partial charge on any atom is 0.317 e. The first-order valence-electron chi connectivity index (χ1n) is 10.4. The standard InChI is InChI=1S/C23H25FN2O4/c24-18-7-5-17(6-8-18)23(9-1-2-10-23)22(29)30-15-20(27)16-13-19(25-14-16)21(28)26-11-3-4-12-26/h5-8,13-14,25H,1-4,9-12,15H2. The number of aromatic amines is 1. The summed E-state index contributed by atoms with van der Waals surface area (Å²) in [5, 5.41) is 0. The van der Waals surface area contributed by atoms with Gasteiger partial charge in [0.25, 0.3) is 5.91 Å². The molecule has 0 radical (unpaired) electrons. The lowest BCUT2D eigenvalue weighted by Crippen LogP contribution is -2.35. The van der Waals surface area contributed by atoms with Gasteiger partial charge in [0, 0.05) is 24.8 Å². The van der Waals surface area contributed by atoms with Gasteiger partial charge < -0.3 is 14.6 Å². The third-order valence-corrected chi connectivity index (χ3v) is 6.21. The lowest BCUT2D eigenvalue weighted by Gasteiger charge is -2.27. The van der Waals surface area contributed by atoms with Crippen molar-refractivity contribution < 1.29 is 23.5 Å². The van der Waals surface area contributed by atoms with E-state index < -0.39 is 18.0 Å².